The van der Waals surface area contributed by atoms with Crippen molar-refractivity contribution >= 4 is 142 Å². The molecule has 0 spiro atoms. The number of hydrogen-bond acceptors (Lipinski definition) is 23. The molecule has 0 saturated carbocycles. The SMILES string of the molecule is COc1cc(N2CC[C@@]3(O)C(=O)c4cc(C)ccc4N=C23)ccn1.Cc1cc2c(cc1C)C(=O)[C@]1(O)CCN(c3cccc(Br)c3)C1=N2.Cc1ccc2c(c1)C(=O)[C@@]1(O)C(=N2)N(c2ccccc2)CC1(C)C.Cc1ccc2c(c1)C(=O)[C@]1(O)CCN(c3ccc(C)c(C)c3)C1=N2.Cc1ccc2c(c1)C(=O)[C@]1(O)CCN(c3ccc4ccoc4c3)C1=N2. The minimum Gasteiger partial charge on any atom is -0.481 e. The molecule has 0 radical (unpaired) electrons. The number of carbonyl (C=O) groups is 5. The number of ketones is 5. The van der Waals surface area contributed by atoms with Gasteiger partial charge in [-0.2, -0.15) is 0 Å². The van der Waals surface area contributed by atoms with E-state index in [1.807, 2.05) is 244 Å². The Morgan fingerprint density at radius 2 is 0.777 bits per heavy atom. The molecule has 5 saturated heterocycles. The summed E-state index contributed by atoms with van der Waals surface area (Å²) in [6.07, 6.45) is 4.63. The van der Waals surface area contributed by atoms with Gasteiger partial charge in [0.05, 0.1) is 41.8 Å². The quantitative estimate of drug-likeness (QED) is 0.103. The average molecular weight is 1680 g/mol. The molecule has 9 aromatic carbocycles. The number of rotatable bonds is 6. The van der Waals surface area contributed by atoms with Gasteiger partial charge < -0.3 is 59.2 Å². The highest BCUT2D eigenvalue weighted by Gasteiger charge is 2.64. The number of aliphatic imine (C=N–C) groups is 5. The highest BCUT2D eigenvalue weighted by atomic mass is 79.9. The zero-order valence-electron chi connectivity index (χ0n) is 68.9. The number of pyridine rings is 1. The summed E-state index contributed by atoms with van der Waals surface area (Å²) in [5.41, 5.74) is 10.9. The second-order valence-electron chi connectivity index (χ2n) is 33.4. The Bertz CT molecular complexity index is 6390. The summed E-state index contributed by atoms with van der Waals surface area (Å²) in [6.45, 7) is 22.4. The van der Waals surface area contributed by atoms with Gasteiger partial charge in [-0.15, -0.1) is 0 Å². The lowest BCUT2D eigenvalue weighted by Gasteiger charge is -2.36. The van der Waals surface area contributed by atoms with Crippen LogP contribution in [0.3, 0.4) is 0 Å². The zero-order chi connectivity index (χ0) is 85.3. The molecule has 121 heavy (non-hydrogen) atoms. The van der Waals surface area contributed by atoms with Gasteiger partial charge in [-0.25, -0.2) is 29.9 Å². The van der Waals surface area contributed by atoms with Crippen molar-refractivity contribution in [3.63, 3.8) is 0 Å². The number of nitrogens with zero attached hydrogens (tertiary/aromatic N) is 11. The second kappa shape index (κ2) is 30.3. The molecule has 0 unspecified atom stereocenters. The summed E-state index contributed by atoms with van der Waals surface area (Å²) in [5, 5.41) is 56.7. The molecule has 11 aromatic rings. The number of hydrogen-bond donors (Lipinski definition) is 5. The maximum absolute atomic E-state index is 13.2. The summed E-state index contributed by atoms with van der Waals surface area (Å²) < 4.78 is 11.6. The zero-order valence-corrected chi connectivity index (χ0v) is 70.5. The number of anilines is 5. The van der Waals surface area contributed by atoms with Crippen molar-refractivity contribution in [2.24, 2.45) is 30.4 Å². The van der Waals surface area contributed by atoms with Crippen LogP contribution >= 0.6 is 15.9 Å². The highest BCUT2D eigenvalue weighted by Crippen LogP contribution is 2.51. The van der Waals surface area contributed by atoms with E-state index in [0.717, 1.165) is 77.3 Å². The van der Waals surface area contributed by atoms with E-state index < -0.39 is 33.4 Å². The number of carbonyl (C=O) groups excluding carboxylic acids is 5. The van der Waals surface area contributed by atoms with E-state index in [1.165, 1.54) is 11.1 Å². The molecule has 10 aliphatic rings. The number of aromatic nitrogens is 1. The molecule has 5 N–H and O–H groups in total. The molecule has 21 rings (SSSR count). The molecule has 2 aromatic heterocycles. The van der Waals surface area contributed by atoms with Crippen LogP contribution in [0.1, 0.15) is 136 Å². The van der Waals surface area contributed by atoms with Gasteiger partial charge in [0.1, 0.15) is 28.9 Å². The van der Waals surface area contributed by atoms with Crippen molar-refractivity contribution in [2.75, 3.05) is 64.3 Å². The molecule has 612 valence electrons. The largest absolute Gasteiger partial charge is 0.481 e. The van der Waals surface area contributed by atoms with Crippen molar-refractivity contribution in [2.45, 2.75) is 123 Å². The van der Waals surface area contributed by atoms with E-state index >= 15 is 0 Å². The Morgan fingerprint density at radius 3 is 1.25 bits per heavy atom. The minimum absolute atomic E-state index is 0.238. The molecular formula is C97H90BrN11O12. The fourth-order valence-electron chi connectivity index (χ4n) is 17.6. The van der Waals surface area contributed by atoms with Crippen molar-refractivity contribution < 1.29 is 58.7 Å². The number of ether oxygens (including phenoxy) is 1. The lowest BCUT2D eigenvalue weighted by atomic mass is 9.71. The lowest BCUT2D eigenvalue weighted by molar-refractivity contribution is 0.0181. The Balaban J connectivity index is 0.000000108. The molecule has 5 atom stereocenters. The molecule has 0 aliphatic carbocycles. The Morgan fingerprint density at radius 1 is 0.372 bits per heavy atom. The van der Waals surface area contributed by atoms with Gasteiger partial charge in [-0.1, -0.05) is 107 Å². The molecular weight excluding hydrogens is 1590 g/mol. The van der Waals surface area contributed by atoms with E-state index in [1.54, 1.807) is 37.8 Å². The van der Waals surface area contributed by atoms with Crippen molar-refractivity contribution in [1.29, 1.82) is 0 Å². The van der Waals surface area contributed by atoms with Gasteiger partial charge in [0.15, 0.2) is 33.8 Å². The van der Waals surface area contributed by atoms with Crippen LogP contribution in [0.5, 0.6) is 5.88 Å². The van der Waals surface area contributed by atoms with Gasteiger partial charge in [-0.3, -0.25) is 24.0 Å². The topological polar surface area (TPSA) is 300 Å². The molecule has 0 bridgehead atoms. The lowest BCUT2D eigenvalue weighted by Crippen LogP contribution is -2.55. The summed E-state index contributed by atoms with van der Waals surface area (Å²) in [4.78, 5) is 102. The fourth-order valence-corrected chi connectivity index (χ4v) is 18.0. The summed E-state index contributed by atoms with van der Waals surface area (Å²) >= 11 is 3.47. The molecule has 23 nitrogen and oxygen atoms in total. The number of fused-ring (bicyclic) bond motifs is 11. The monoisotopic (exact) mass is 1680 g/mol. The van der Waals surface area contributed by atoms with Crippen LogP contribution in [0.15, 0.2) is 240 Å². The van der Waals surface area contributed by atoms with Crippen LogP contribution in [0.2, 0.25) is 0 Å². The second-order valence-corrected chi connectivity index (χ2v) is 34.3. The first kappa shape index (κ1) is 80.8. The van der Waals surface area contributed by atoms with Gasteiger partial charge in [0, 0.05) is 148 Å². The Kier molecular flexibility index (Phi) is 20.2. The number of aliphatic hydroxyl groups is 5. The Hall–Kier alpha value is -12.6. The molecule has 0 amide bonds. The number of Topliss-reactive ketones (excluding diaryl/α,β-unsaturated/α-hetero) is 5. The predicted octanol–water partition coefficient (Wildman–Crippen LogP) is 16.8. The van der Waals surface area contributed by atoms with Crippen molar-refractivity contribution in [3.05, 3.63) is 283 Å². The van der Waals surface area contributed by atoms with E-state index in [2.05, 4.69) is 66.9 Å². The first-order valence-electron chi connectivity index (χ1n) is 40.3. The van der Waals surface area contributed by atoms with Gasteiger partial charge in [-0.05, 0) is 205 Å². The van der Waals surface area contributed by atoms with Gasteiger partial charge in [0.2, 0.25) is 34.8 Å². The molecule has 12 heterocycles. The van der Waals surface area contributed by atoms with Crippen LogP contribution in [0.25, 0.3) is 11.0 Å². The first-order valence-corrected chi connectivity index (χ1v) is 41.1. The number of halogens is 1. The van der Waals surface area contributed by atoms with Crippen LogP contribution < -0.4 is 29.2 Å². The average Bonchev–Trinajstić information content (AvgIpc) is 1.54. The summed E-state index contributed by atoms with van der Waals surface area (Å²) in [6, 6.07) is 61.1. The fraction of sp³-hybridized carbons (Fsp3) is 0.268. The first-order chi connectivity index (χ1) is 57.7. The third-order valence-corrected chi connectivity index (χ3v) is 25.3. The number of benzene rings is 9. The molecule has 5 fully saturated rings. The van der Waals surface area contributed by atoms with Crippen LogP contribution in [0.4, 0.5) is 56.9 Å². The van der Waals surface area contributed by atoms with Gasteiger partial charge >= 0.3 is 0 Å². The van der Waals surface area contributed by atoms with Gasteiger partial charge in [0.25, 0.3) is 0 Å². The normalized spacial score (nSPS) is 22.6. The van der Waals surface area contributed by atoms with E-state index in [-0.39, 0.29) is 28.9 Å². The molecule has 24 heteroatoms. The number of amidine groups is 5. The van der Waals surface area contributed by atoms with Crippen molar-refractivity contribution in [1.82, 2.24) is 4.98 Å². The van der Waals surface area contributed by atoms with Crippen LogP contribution in [-0.4, -0.2) is 156 Å². The smallest absolute Gasteiger partial charge is 0.214 e. The predicted molar refractivity (Wildman–Crippen MR) is 475 cm³/mol. The standard InChI is InChI=1S/C20H16N2O3.2C20H20N2O2.C19H17BrN2O2.C18H17N3O3/c1-12-2-5-16-15(10-12)18(23)20(24)7-8-22(19(20)21-16)14-4-3-13-6-9-25-17(13)11-14;1-12-4-7-17-16(10-12)18(23)20(24)8-9-22(19(20)21-17)15-6-5-13(2)14(3)11-15;1-13-9-10-16-15(11-13)17(23)20(24)18(21-16)22(12-19(20,2)3)14-7-5-4-6-8-14;1-11-8-15-16(9-12(11)2)21-18-19(24,17(15)23)6-7-22(18)14-5-3-4-13(20)10-14;1-11-3-4-14-13(9-11)16(22)18(23)6-8-21(17(18)20-14)12-5-7-19-15(10-12)24-2/h2-6,9-11,24H,7-8H2,1H3;4-7,10-11,24H,8-9H2,1-3H3;4-11,24H,12H2,1-3H3;3-5,8-10,24H,6-7H2,1-2H3;3-5,7,9-10,23H,6,8H2,1-2H3/t3*20-;19-;18-/m11111/s1. The minimum atomic E-state index is -1.61. The Labute approximate surface area is 708 Å². The maximum Gasteiger partial charge on any atom is 0.214 e. The number of methoxy groups -OCH3 is 1. The van der Waals surface area contributed by atoms with Crippen molar-refractivity contribution in [3.8, 4) is 5.88 Å². The number of para-hydroxylation sites is 1. The highest BCUT2D eigenvalue weighted by molar-refractivity contribution is 9.10. The summed E-state index contributed by atoms with van der Waals surface area (Å²) in [5.74, 6) is 1.27. The number of furan rings is 1. The maximum atomic E-state index is 13.2. The van der Waals surface area contributed by atoms with Crippen LogP contribution in [0, 0.1) is 60.8 Å². The third-order valence-electron chi connectivity index (χ3n) is 24.8. The third kappa shape index (κ3) is 13.7. The van der Waals surface area contributed by atoms with Crippen LogP contribution in [-0.2, 0) is 0 Å². The van der Waals surface area contributed by atoms with E-state index in [0.29, 0.717) is 150 Å². The van der Waals surface area contributed by atoms with E-state index in [4.69, 9.17) is 14.1 Å². The van der Waals surface area contributed by atoms with E-state index in [9.17, 15) is 49.5 Å². The molecule has 10 aliphatic heterocycles. The number of aryl methyl sites for hydroxylation is 8. The summed E-state index contributed by atoms with van der Waals surface area (Å²) in [7, 11) is 1.55.